The molecule has 1 aliphatic rings. The number of hydrogen-bond donors (Lipinski definition) is 0. The van der Waals surface area contributed by atoms with Crippen molar-refractivity contribution < 1.29 is 14.3 Å². The number of aryl methyl sites for hydroxylation is 1. The number of pyridine rings is 1. The molecule has 1 saturated heterocycles. The largest absolute Gasteiger partial charge is 0.461 e. The van der Waals surface area contributed by atoms with E-state index < -0.39 is 5.97 Å². The molecular formula is C19H26N4O3. The van der Waals surface area contributed by atoms with Crippen LogP contribution in [-0.4, -0.2) is 59.0 Å². The molecule has 0 spiro atoms. The zero-order valence-electron chi connectivity index (χ0n) is 15.9. The van der Waals surface area contributed by atoms with Crippen molar-refractivity contribution in [1.82, 2.24) is 19.7 Å². The van der Waals surface area contributed by atoms with E-state index in [1.807, 2.05) is 17.7 Å². The van der Waals surface area contributed by atoms with Crippen LogP contribution in [0.3, 0.4) is 0 Å². The average molecular weight is 358 g/mol. The number of morpholine rings is 1. The molecule has 1 unspecified atom stereocenters. The second-order valence-electron chi connectivity index (χ2n) is 6.59. The van der Waals surface area contributed by atoms with E-state index in [1.54, 1.807) is 19.2 Å². The molecule has 26 heavy (non-hydrogen) atoms. The molecule has 3 heterocycles. The summed E-state index contributed by atoms with van der Waals surface area (Å²) in [5, 5.41) is 4.72. The second-order valence-corrected chi connectivity index (χ2v) is 6.59. The van der Waals surface area contributed by atoms with E-state index >= 15 is 0 Å². The summed E-state index contributed by atoms with van der Waals surface area (Å²) in [4.78, 5) is 18.2. The third-order valence-corrected chi connectivity index (χ3v) is 4.81. The van der Waals surface area contributed by atoms with Crippen LogP contribution in [0, 0.1) is 13.8 Å². The normalized spacial score (nSPS) is 18.1. The van der Waals surface area contributed by atoms with Crippen molar-refractivity contribution in [3.8, 4) is 0 Å². The monoisotopic (exact) mass is 358 g/mol. The number of likely N-dealkylation sites (N-methyl/N-ethyl adjacent to an activating group) is 1. The van der Waals surface area contributed by atoms with Crippen molar-refractivity contribution in [2.45, 2.75) is 33.4 Å². The van der Waals surface area contributed by atoms with E-state index in [0.717, 1.165) is 30.1 Å². The van der Waals surface area contributed by atoms with E-state index in [4.69, 9.17) is 14.6 Å². The summed E-state index contributed by atoms with van der Waals surface area (Å²) in [5.41, 5.74) is 4.72. The molecule has 2 aromatic heterocycles. The topological polar surface area (TPSA) is 69.5 Å². The second kappa shape index (κ2) is 7.97. The highest BCUT2D eigenvalue weighted by Gasteiger charge is 2.27. The smallest absolute Gasteiger partial charge is 0.356 e. The fourth-order valence-corrected chi connectivity index (χ4v) is 3.35. The van der Waals surface area contributed by atoms with Crippen molar-refractivity contribution in [2.75, 3.05) is 33.4 Å². The van der Waals surface area contributed by atoms with Gasteiger partial charge in [-0.3, -0.25) is 9.58 Å². The Morgan fingerprint density at radius 3 is 2.85 bits per heavy atom. The lowest BCUT2D eigenvalue weighted by molar-refractivity contribution is 0.00457. The zero-order valence-corrected chi connectivity index (χ0v) is 15.9. The maximum absolute atomic E-state index is 11.7. The molecule has 0 N–H and O–H groups in total. The predicted molar refractivity (Wildman–Crippen MR) is 97.2 cm³/mol. The minimum Gasteiger partial charge on any atom is -0.461 e. The van der Waals surface area contributed by atoms with Gasteiger partial charge >= 0.3 is 5.97 Å². The highest BCUT2D eigenvalue weighted by Crippen LogP contribution is 2.28. The first-order chi connectivity index (χ1) is 12.5. The van der Waals surface area contributed by atoms with Crippen molar-refractivity contribution in [3.05, 3.63) is 46.5 Å². The van der Waals surface area contributed by atoms with Gasteiger partial charge in [0.05, 0.1) is 38.1 Å². The van der Waals surface area contributed by atoms with Gasteiger partial charge in [0.25, 0.3) is 0 Å². The molecule has 140 valence electrons. The van der Waals surface area contributed by atoms with Crippen LogP contribution in [-0.2, 0) is 16.0 Å². The number of rotatable bonds is 5. The van der Waals surface area contributed by atoms with Gasteiger partial charge in [-0.2, -0.15) is 5.10 Å². The fraction of sp³-hybridized carbons (Fsp3) is 0.526. The van der Waals surface area contributed by atoms with Crippen LogP contribution in [0.4, 0.5) is 0 Å². The molecule has 1 fully saturated rings. The highest BCUT2D eigenvalue weighted by atomic mass is 16.5. The molecule has 1 aliphatic heterocycles. The van der Waals surface area contributed by atoms with Gasteiger partial charge in [0, 0.05) is 24.0 Å². The Balaban J connectivity index is 1.78. The number of esters is 1. The predicted octanol–water partition coefficient (Wildman–Crippen LogP) is 2.12. The van der Waals surface area contributed by atoms with E-state index in [-0.39, 0.29) is 6.04 Å². The van der Waals surface area contributed by atoms with Crippen LogP contribution in [0.2, 0.25) is 0 Å². The van der Waals surface area contributed by atoms with Gasteiger partial charge in [0.15, 0.2) is 0 Å². The van der Waals surface area contributed by atoms with Gasteiger partial charge in [-0.25, -0.2) is 9.78 Å². The lowest BCUT2D eigenvalue weighted by Crippen LogP contribution is -2.37. The Bertz CT molecular complexity index is 770. The lowest BCUT2D eigenvalue weighted by atomic mass is 10.0. The first-order valence-corrected chi connectivity index (χ1v) is 8.95. The van der Waals surface area contributed by atoms with E-state index in [2.05, 4.69) is 23.9 Å². The fourth-order valence-electron chi connectivity index (χ4n) is 3.35. The zero-order chi connectivity index (χ0) is 18.7. The van der Waals surface area contributed by atoms with Crippen LogP contribution in [0.1, 0.15) is 46.0 Å². The molecule has 2 aromatic rings. The number of nitrogens with zero attached hydrogens (tertiary/aromatic N) is 4. The SMILES string of the molecule is CCOC(=O)c1ccc(Cn2nc(C)c(C3COCCN3C)c2C)cn1. The van der Waals surface area contributed by atoms with Crippen molar-refractivity contribution >= 4 is 5.97 Å². The minimum absolute atomic E-state index is 0.238. The van der Waals surface area contributed by atoms with Crippen molar-refractivity contribution in [2.24, 2.45) is 0 Å². The Hall–Kier alpha value is -2.25. The summed E-state index contributed by atoms with van der Waals surface area (Å²) >= 11 is 0. The van der Waals surface area contributed by atoms with Crippen molar-refractivity contribution in [1.29, 1.82) is 0 Å². The summed E-state index contributed by atoms with van der Waals surface area (Å²) in [6, 6.07) is 3.83. The summed E-state index contributed by atoms with van der Waals surface area (Å²) < 4.78 is 12.6. The summed E-state index contributed by atoms with van der Waals surface area (Å²) in [7, 11) is 2.13. The number of hydrogen-bond acceptors (Lipinski definition) is 6. The molecular weight excluding hydrogens is 332 g/mol. The molecule has 0 aromatic carbocycles. The van der Waals surface area contributed by atoms with E-state index in [9.17, 15) is 4.79 Å². The number of carbonyl (C=O) groups is 1. The van der Waals surface area contributed by atoms with Crippen molar-refractivity contribution in [3.63, 3.8) is 0 Å². The Morgan fingerprint density at radius 2 is 2.19 bits per heavy atom. The maximum atomic E-state index is 11.7. The summed E-state index contributed by atoms with van der Waals surface area (Å²) in [6.45, 7) is 9.27. The molecule has 3 rings (SSSR count). The van der Waals surface area contributed by atoms with Crippen LogP contribution < -0.4 is 0 Å². The molecule has 0 bridgehead atoms. The summed E-state index contributed by atoms with van der Waals surface area (Å²) in [6.07, 6.45) is 1.71. The molecule has 7 nitrogen and oxygen atoms in total. The third kappa shape index (κ3) is 3.78. The van der Waals surface area contributed by atoms with Crippen LogP contribution in [0.15, 0.2) is 18.3 Å². The quantitative estimate of drug-likeness (QED) is 0.763. The first kappa shape index (κ1) is 18.5. The molecule has 0 saturated carbocycles. The van der Waals surface area contributed by atoms with Gasteiger partial charge in [-0.15, -0.1) is 0 Å². The van der Waals surface area contributed by atoms with E-state index in [1.165, 1.54) is 5.56 Å². The van der Waals surface area contributed by atoms with Gasteiger partial charge in [0.1, 0.15) is 5.69 Å². The molecule has 7 heteroatoms. The Labute approximate surface area is 153 Å². The van der Waals surface area contributed by atoms with Gasteiger partial charge < -0.3 is 9.47 Å². The van der Waals surface area contributed by atoms with Crippen LogP contribution in [0.5, 0.6) is 0 Å². The third-order valence-electron chi connectivity index (χ3n) is 4.81. The van der Waals surface area contributed by atoms with Gasteiger partial charge in [-0.1, -0.05) is 6.07 Å². The summed E-state index contributed by atoms with van der Waals surface area (Å²) in [5.74, 6) is -0.396. The van der Waals surface area contributed by atoms with Crippen LogP contribution >= 0.6 is 0 Å². The molecule has 1 atom stereocenters. The van der Waals surface area contributed by atoms with Gasteiger partial charge in [-0.05, 0) is 39.4 Å². The standard InChI is InChI=1S/C19H26N4O3/c1-5-26-19(24)16-7-6-15(10-20-16)11-23-14(3)18(13(2)21-23)17-12-25-9-8-22(17)4/h6-7,10,17H,5,8-9,11-12H2,1-4H3. The highest BCUT2D eigenvalue weighted by molar-refractivity contribution is 5.87. The minimum atomic E-state index is -0.396. The van der Waals surface area contributed by atoms with E-state index in [0.29, 0.717) is 25.5 Å². The molecule has 0 radical (unpaired) electrons. The maximum Gasteiger partial charge on any atom is 0.356 e. The Morgan fingerprint density at radius 1 is 1.38 bits per heavy atom. The average Bonchev–Trinajstić information content (AvgIpc) is 2.90. The van der Waals surface area contributed by atoms with Crippen LogP contribution in [0.25, 0.3) is 0 Å². The lowest BCUT2D eigenvalue weighted by Gasteiger charge is -2.32. The Kier molecular flexibility index (Phi) is 5.68. The molecule has 0 amide bonds. The first-order valence-electron chi connectivity index (χ1n) is 8.95. The molecule has 0 aliphatic carbocycles. The van der Waals surface area contributed by atoms with Gasteiger partial charge in [0.2, 0.25) is 0 Å². The number of aromatic nitrogens is 3. The number of carbonyl (C=O) groups excluding carboxylic acids is 1. The number of ether oxygens (including phenoxy) is 2.